The van der Waals surface area contributed by atoms with Crippen molar-refractivity contribution in [2.45, 2.75) is 13.3 Å². The van der Waals surface area contributed by atoms with Crippen molar-refractivity contribution in [3.8, 4) is 22.2 Å². The molecular formula is C16H11FN4O2S. The van der Waals surface area contributed by atoms with Crippen LogP contribution in [0.5, 0.6) is 0 Å². The lowest BCUT2D eigenvalue weighted by Gasteiger charge is -1.97. The van der Waals surface area contributed by atoms with Crippen molar-refractivity contribution in [1.29, 1.82) is 0 Å². The summed E-state index contributed by atoms with van der Waals surface area (Å²) >= 11 is 1.53. The van der Waals surface area contributed by atoms with Gasteiger partial charge in [0.15, 0.2) is 0 Å². The summed E-state index contributed by atoms with van der Waals surface area (Å²) in [5.74, 6) is 1.17. The van der Waals surface area contributed by atoms with Crippen molar-refractivity contribution < 1.29 is 13.3 Å². The lowest BCUT2D eigenvalue weighted by atomic mass is 10.1. The van der Waals surface area contributed by atoms with E-state index in [1.807, 2.05) is 17.5 Å². The number of aryl methyl sites for hydroxylation is 1. The molecule has 0 aliphatic rings. The first kappa shape index (κ1) is 14.7. The first-order chi connectivity index (χ1) is 11.7. The molecule has 1 aromatic carbocycles. The topological polar surface area (TPSA) is 77.8 Å². The van der Waals surface area contributed by atoms with Crippen LogP contribution in [0.2, 0.25) is 0 Å². The molecule has 0 atom stereocenters. The average molecular weight is 342 g/mol. The number of nitrogens with zero attached hydrogens (tertiary/aromatic N) is 4. The Morgan fingerprint density at radius 3 is 2.88 bits per heavy atom. The van der Waals surface area contributed by atoms with Crippen molar-refractivity contribution in [1.82, 2.24) is 20.3 Å². The van der Waals surface area contributed by atoms with Crippen molar-refractivity contribution in [3.05, 3.63) is 58.9 Å². The third-order valence-electron chi connectivity index (χ3n) is 3.40. The van der Waals surface area contributed by atoms with Gasteiger partial charge in [0.2, 0.25) is 23.5 Å². The van der Waals surface area contributed by atoms with E-state index in [0.717, 1.165) is 4.88 Å². The minimum atomic E-state index is -0.315. The highest BCUT2D eigenvalue weighted by molar-refractivity contribution is 7.13. The molecule has 0 aliphatic heterocycles. The van der Waals surface area contributed by atoms with E-state index >= 15 is 0 Å². The highest BCUT2D eigenvalue weighted by Crippen LogP contribution is 2.23. The predicted octanol–water partition coefficient (Wildman–Crippen LogP) is 3.89. The third kappa shape index (κ3) is 2.83. The van der Waals surface area contributed by atoms with Gasteiger partial charge in [-0.25, -0.2) is 4.39 Å². The molecule has 6 nitrogen and oxygen atoms in total. The lowest BCUT2D eigenvalue weighted by molar-refractivity contribution is 0.374. The van der Waals surface area contributed by atoms with Gasteiger partial charge >= 0.3 is 0 Å². The SMILES string of the molecule is Cc1ccc(-c2nnc(Cc3nc(-c4cccs4)no3)o2)cc1F. The molecule has 0 unspecified atom stereocenters. The van der Waals surface area contributed by atoms with Crippen LogP contribution >= 0.6 is 11.3 Å². The van der Waals surface area contributed by atoms with Crippen LogP contribution in [0.25, 0.3) is 22.2 Å². The average Bonchev–Trinajstić information content (AvgIpc) is 3.31. The van der Waals surface area contributed by atoms with E-state index in [9.17, 15) is 4.39 Å². The Bertz CT molecular complexity index is 978. The summed E-state index contributed by atoms with van der Waals surface area (Å²) < 4.78 is 24.4. The van der Waals surface area contributed by atoms with Gasteiger partial charge in [0.25, 0.3) is 0 Å². The van der Waals surface area contributed by atoms with Gasteiger partial charge in [-0.2, -0.15) is 4.98 Å². The molecule has 8 heteroatoms. The summed E-state index contributed by atoms with van der Waals surface area (Å²) in [5, 5.41) is 13.8. The summed E-state index contributed by atoms with van der Waals surface area (Å²) in [4.78, 5) is 5.22. The molecule has 120 valence electrons. The molecule has 0 bridgehead atoms. The first-order valence-electron chi connectivity index (χ1n) is 7.14. The molecule has 0 spiro atoms. The standard InChI is InChI=1S/C16H11FN4O2S/c1-9-4-5-10(7-11(9)17)16-20-19-14(22-16)8-13-18-15(21-23-13)12-3-2-6-24-12/h2-7H,8H2,1H3. The molecular weight excluding hydrogens is 331 g/mol. The molecule has 0 saturated heterocycles. The summed E-state index contributed by atoms with van der Waals surface area (Å²) in [6.45, 7) is 1.69. The van der Waals surface area contributed by atoms with Gasteiger partial charge < -0.3 is 8.94 Å². The number of benzene rings is 1. The highest BCUT2D eigenvalue weighted by atomic mass is 32.1. The zero-order valence-corrected chi connectivity index (χ0v) is 13.4. The second-order valence-electron chi connectivity index (χ2n) is 5.13. The highest BCUT2D eigenvalue weighted by Gasteiger charge is 2.15. The predicted molar refractivity (Wildman–Crippen MR) is 84.8 cm³/mol. The lowest BCUT2D eigenvalue weighted by Crippen LogP contribution is -1.88. The minimum absolute atomic E-state index is 0.222. The second-order valence-corrected chi connectivity index (χ2v) is 6.08. The number of thiophene rings is 1. The largest absolute Gasteiger partial charge is 0.420 e. The fraction of sp³-hybridized carbons (Fsp3) is 0.125. The van der Waals surface area contributed by atoms with Gasteiger partial charge in [-0.15, -0.1) is 21.5 Å². The van der Waals surface area contributed by atoms with Gasteiger partial charge in [0.1, 0.15) is 12.2 Å². The number of aromatic nitrogens is 4. The van der Waals surface area contributed by atoms with E-state index in [2.05, 4.69) is 20.3 Å². The van der Waals surface area contributed by atoms with E-state index in [0.29, 0.717) is 28.7 Å². The number of halogens is 1. The summed E-state index contributed by atoms with van der Waals surface area (Å²) in [5.41, 5.74) is 1.09. The molecule has 4 rings (SSSR count). The number of hydrogen-bond acceptors (Lipinski definition) is 7. The zero-order chi connectivity index (χ0) is 16.5. The Kier molecular flexibility index (Phi) is 3.66. The van der Waals surface area contributed by atoms with E-state index in [4.69, 9.17) is 8.94 Å². The zero-order valence-electron chi connectivity index (χ0n) is 12.6. The first-order valence-corrected chi connectivity index (χ1v) is 8.02. The Hall–Kier alpha value is -2.87. The summed E-state index contributed by atoms with van der Waals surface area (Å²) in [6.07, 6.45) is 0.222. The normalized spacial score (nSPS) is 11.1. The van der Waals surface area contributed by atoms with Crippen molar-refractivity contribution in [2.24, 2.45) is 0 Å². The molecule has 0 fully saturated rings. The van der Waals surface area contributed by atoms with Crippen molar-refractivity contribution in [2.75, 3.05) is 0 Å². The quantitative estimate of drug-likeness (QED) is 0.560. The fourth-order valence-electron chi connectivity index (χ4n) is 2.13. The molecule has 0 saturated carbocycles. The maximum atomic E-state index is 13.6. The Morgan fingerprint density at radius 1 is 1.17 bits per heavy atom. The van der Waals surface area contributed by atoms with Gasteiger partial charge in [0, 0.05) is 5.56 Å². The van der Waals surface area contributed by atoms with Crippen LogP contribution in [-0.2, 0) is 6.42 Å². The van der Waals surface area contributed by atoms with Gasteiger partial charge in [-0.1, -0.05) is 17.3 Å². The Morgan fingerprint density at radius 2 is 2.08 bits per heavy atom. The molecule has 0 amide bonds. The smallest absolute Gasteiger partial charge is 0.247 e. The van der Waals surface area contributed by atoms with E-state index in [1.54, 1.807) is 19.1 Å². The number of hydrogen-bond donors (Lipinski definition) is 0. The van der Waals surface area contributed by atoms with Crippen LogP contribution in [-0.4, -0.2) is 20.3 Å². The maximum absolute atomic E-state index is 13.6. The molecule has 4 aromatic rings. The van der Waals surface area contributed by atoms with Crippen LogP contribution in [0.15, 0.2) is 44.7 Å². The minimum Gasteiger partial charge on any atom is -0.420 e. The molecule has 0 aliphatic carbocycles. The monoisotopic (exact) mass is 342 g/mol. The summed E-state index contributed by atoms with van der Waals surface area (Å²) in [6, 6.07) is 8.60. The van der Waals surface area contributed by atoms with Crippen LogP contribution in [0.1, 0.15) is 17.3 Å². The molecule has 24 heavy (non-hydrogen) atoms. The van der Waals surface area contributed by atoms with Crippen LogP contribution < -0.4 is 0 Å². The molecule has 0 radical (unpaired) electrons. The molecule has 3 aromatic heterocycles. The third-order valence-corrected chi connectivity index (χ3v) is 4.26. The second kappa shape index (κ2) is 5.97. The van der Waals surface area contributed by atoms with E-state index < -0.39 is 0 Å². The van der Waals surface area contributed by atoms with Crippen molar-refractivity contribution >= 4 is 11.3 Å². The van der Waals surface area contributed by atoms with Crippen molar-refractivity contribution in [3.63, 3.8) is 0 Å². The van der Waals surface area contributed by atoms with Crippen LogP contribution in [0.4, 0.5) is 4.39 Å². The summed E-state index contributed by atoms with van der Waals surface area (Å²) in [7, 11) is 0. The van der Waals surface area contributed by atoms with Gasteiger partial charge in [-0.3, -0.25) is 0 Å². The van der Waals surface area contributed by atoms with E-state index in [1.165, 1.54) is 17.4 Å². The van der Waals surface area contributed by atoms with Crippen LogP contribution in [0.3, 0.4) is 0 Å². The van der Waals surface area contributed by atoms with Gasteiger partial charge in [0.05, 0.1) is 4.88 Å². The van der Waals surface area contributed by atoms with Crippen LogP contribution in [0, 0.1) is 12.7 Å². The molecule has 0 N–H and O–H groups in total. The van der Waals surface area contributed by atoms with Gasteiger partial charge in [-0.05, 0) is 36.1 Å². The number of rotatable bonds is 4. The van der Waals surface area contributed by atoms with E-state index in [-0.39, 0.29) is 18.1 Å². The fourth-order valence-corrected chi connectivity index (χ4v) is 2.78. The molecule has 3 heterocycles. The Labute approximate surface area is 140 Å². The Balaban J connectivity index is 1.54. The maximum Gasteiger partial charge on any atom is 0.247 e.